The van der Waals surface area contributed by atoms with Gasteiger partial charge in [-0.15, -0.1) is 0 Å². The van der Waals surface area contributed by atoms with Gasteiger partial charge >= 0.3 is 0 Å². The highest BCUT2D eigenvalue weighted by Gasteiger charge is 2.04. The third kappa shape index (κ3) is 5.33. The Morgan fingerprint density at radius 2 is 1.68 bits per heavy atom. The zero-order valence-corrected chi connectivity index (χ0v) is 12.4. The van der Waals surface area contributed by atoms with Gasteiger partial charge in [-0.3, -0.25) is 4.79 Å². The molecule has 3 heteroatoms. The molecule has 0 aromatic heterocycles. The Labute approximate surface area is 117 Å². The average Bonchev–Trinajstić information content (AvgIpc) is 2.42. The number of nitrogens with one attached hydrogen (secondary N) is 1. The number of amides is 1. The van der Waals surface area contributed by atoms with Crippen molar-refractivity contribution in [2.24, 2.45) is 0 Å². The Balaban J connectivity index is 2.50. The predicted molar refractivity (Wildman–Crippen MR) is 82.8 cm³/mol. The summed E-state index contributed by atoms with van der Waals surface area (Å²) < 4.78 is 0. The van der Waals surface area contributed by atoms with Crippen molar-refractivity contribution in [2.45, 2.75) is 46.5 Å². The molecule has 1 aromatic carbocycles. The molecule has 1 amide bonds. The molecule has 0 aliphatic carbocycles. The highest BCUT2D eigenvalue weighted by molar-refractivity contribution is 5.90. The first-order valence-electron chi connectivity index (χ1n) is 7.36. The Bertz CT molecular complexity index is 369. The molecule has 3 nitrogen and oxygen atoms in total. The van der Waals surface area contributed by atoms with Crippen molar-refractivity contribution in [3.05, 3.63) is 24.3 Å². The van der Waals surface area contributed by atoms with Crippen LogP contribution in [0.4, 0.5) is 11.4 Å². The number of anilines is 2. The van der Waals surface area contributed by atoms with E-state index in [0.29, 0.717) is 6.42 Å². The third-order valence-corrected chi connectivity index (χ3v) is 3.29. The fourth-order valence-electron chi connectivity index (χ4n) is 2.10. The van der Waals surface area contributed by atoms with Crippen molar-refractivity contribution in [1.29, 1.82) is 0 Å². The van der Waals surface area contributed by atoms with E-state index in [1.807, 2.05) is 12.1 Å². The summed E-state index contributed by atoms with van der Waals surface area (Å²) in [5, 5.41) is 2.95. The fraction of sp³-hybridized carbons (Fsp3) is 0.562. The van der Waals surface area contributed by atoms with E-state index in [1.165, 1.54) is 5.69 Å². The lowest BCUT2D eigenvalue weighted by Crippen LogP contribution is -2.21. The molecule has 0 aliphatic heterocycles. The van der Waals surface area contributed by atoms with Crippen LogP contribution in [0.5, 0.6) is 0 Å². The molecule has 0 fully saturated rings. The fourth-order valence-corrected chi connectivity index (χ4v) is 2.10. The maximum absolute atomic E-state index is 11.7. The normalized spacial score (nSPS) is 10.3. The van der Waals surface area contributed by atoms with Crippen LogP contribution in [0.2, 0.25) is 0 Å². The first kappa shape index (κ1) is 15.5. The van der Waals surface area contributed by atoms with E-state index in [4.69, 9.17) is 0 Å². The van der Waals surface area contributed by atoms with E-state index in [9.17, 15) is 4.79 Å². The van der Waals surface area contributed by atoms with Gasteiger partial charge in [-0.1, -0.05) is 19.8 Å². The Hall–Kier alpha value is -1.51. The molecule has 19 heavy (non-hydrogen) atoms. The molecule has 106 valence electrons. The molecule has 0 aliphatic rings. The molecule has 0 spiro atoms. The second-order valence-corrected chi connectivity index (χ2v) is 4.72. The van der Waals surface area contributed by atoms with Gasteiger partial charge in [-0.25, -0.2) is 0 Å². The van der Waals surface area contributed by atoms with E-state index >= 15 is 0 Å². The molecule has 1 rings (SSSR count). The SMILES string of the molecule is CCCCCC(=O)Nc1ccc(N(CC)CC)cc1. The number of hydrogen-bond acceptors (Lipinski definition) is 2. The maximum Gasteiger partial charge on any atom is 0.224 e. The first-order valence-corrected chi connectivity index (χ1v) is 7.36. The third-order valence-electron chi connectivity index (χ3n) is 3.29. The van der Waals surface area contributed by atoms with Crippen LogP contribution in [-0.4, -0.2) is 19.0 Å². The molecule has 0 bridgehead atoms. The summed E-state index contributed by atoms with van der Waals surface area (Å²) in [6.45, 7) is 8.43. The number of hydrogen-bond donors (Lipinski definition) is 1. The minimum atomic E-state index is 0.115. The molecule has 1 N–H and O–H groups in total. The lowest BCUT2D eigenvalue weighted by atomic mass is 10.2. The first-order chi connectivity index (χ1) is 9.21. The number of carbonyl (C=O) groups excluding carboxylic acids is 1. The van der Waals surface area contributed by atoms with Gasteiger partial charge < -0.3 is 10.2 Å². The summed E-state index contributed by atoms with van der Waals surface area (Å²) >= 11 is 0. The maximum atomic E-state index is 11.7. The zero-order valence-electron chi connectivity index (χ0n) is 12.4. The monoisotopic (exact) mass is 262 g/mol. The average molecular weight is 262 g/mol. The van der Waals surface area contributed by atoms with Crippen LogP contribution in [0.25, 0.3) is 0 Å². The van der Waals surface area contributed by atoms with Crippen molar-refractivity contribution in [1.82, 2.24) is 0 Å². The molecular formula is C16H26N2O. The van der Waals surface area contributed by atoms with Crippen molar-refractivity contribution in [3.63, 3.8) is 0 Å². The minimum absolute atomic E-state index is 0.115. The van der Waals surface area contributed by atoms with Crippen LogP contribution >= 0.6 is 0 Å². The standard InChI is InChI=1S/C16H26N2O/c1-4-7-8-9-16(19)17-14-10-12-15(13-11-14)18(5-2)6-3/h10-13H,4-9H2,1-3H3,(H,17,19). The number of benzene rings is 1. The van der Waals surface area contributed by atoms with Gasteiger partial charge in [0, 0.05) is 30.9 Å². The number of nitrogens with zero attached hydrogens (tertiary/aromatic N) is 1. The molecule has 0 saturated carbocycles. The summed E-state index contributed by atoms with van der Waals surface area (Å²) in [6.07, 6.45) is 3.85. The van der Waals surface area contributed by atoms with Gasteiger partial charge in [0.2, 0.25) is 5.91 Å². The lowest BCUT2D eigenvalue weighted by Gasteiger charge is -2.21. The van der Waals surface area contributed by atoms with Crippen molar-refractivity contribution in [3.8, 4) is 0 Å². The van der Waals surface area contributed by atoms with Crippen LogP contribution in [0, 0.1) is 0 Å². The van der Waals surface area contributed by atoms with Gasteiger partial charge in [0.25, 0.3) is 0 Å². The highest BCUT2D eigenvalue weighted by Crippen LogP contribution is 2.18. The molecule has 0 unspecified atom stereocenters. The van der Waals surface area contributed by atoms with Crippen molar-refractivity contribution in [2.75, 3.05) is 23.3 Å². The lowest BCUT2D eigenvalue weighted by molar-refractivity contribution is -0.116. The summed E-state index contributed by atoms with van der Waals surface area (Å²) in [4.78, 5) is 14.0. The number of unbranched alkanes of at least 4 members (excludes halogenated alkanes) is 2. The molecule has 0 saturated heterocycles. The van der Waals surface area contributed by atoms with Gasteiger partial charge in [-0.05, 0) is 44.5 Å². The van der Waals surface area contributed by atoms with Gasteiger partial charge in [0.15, 0.2) is 0 Å². The molecular weight excluding hydrogens is 236 g/mol. The van der Waals surface area contributed by atoms with Crippen LogP contribution in [0.3, 0.4) is 0 Å². The van der Waals surface area contributed by atoms with E-state index < -0.39 is 0 Å². The largest absolute Gasteiger partial charge is 0.372 e. The van der Waals surface area contributed by atoms with Gasteiger partial charge in [-0.2, -0.15) is 0 Å². The quantitative estimate of drug-likeness (QED) is 0.717. The minimum Gasteiger partial charge on any atom is -0.372 e. The van der Waals surface area contributed by atoms with Gasteiger partial charge in [0.05, 0.1) is 0 Å². The topological polar surface area (TPSA) is 32.3 Å². The second kappa shape index (κ2) is 8.57. The predicted octanol–water partition coefficient (Wildman–Crippen LogP) is 4.05. The van der Waals surface area contributed by atoms with Crippen LogP contribution < -0.4 is 10.2 Å². The number of rotatable bonds is 8. The highest BCUT2D eigenvalue weighted by atomic mass is 16.1. The molecule has 1 aromatic rings. The molecule has 0 atom stereocenters. The zero-order chi connectivity index (χ0) is 14.1. The van der Waals surface area contributed by atoms with Crippen LogP contribution in [0.1, 0.15) is 46.5 Å². The summed E-state index contributed by atoms with van der Waals surface area (Å²) in [6, 6.07) is 8.08. The van der Waals surface area contributed by atoms with E-state index in [2.05, 4.69) is 43.1 Å². The summed E-state index contributed by atoms with van der Waals surface area (Å²) in [7, 11) is 0. The van der Waals surface area contributed by atoms with Crippen LogP contribution in [-0.2, 0) is 4.79 Å². The summed E-state index contributed by atoms with van der Waals surface area (Å²) in [5.74, 6) is 0.115. The summed E-state index contributed by atoms with van der Waals surface area (Å²) in [5.41, 5.74) is 2.09. The van der Waals surface area contributed by atoms with Gasteiger partial charge in [0.1, 0.15) is 0 Å². The van der Waals surface area contributed by atoms with Crippen molar-refractivity contribution >= 4 is 17.3 Å². The second-order valence-electron chi connectivity index (χ2n) is 4.72. The van der Waals surface area contributed by atoms with Crippen molar-refractivity contribution < 1.29 is 4.79 Å². The molecule has 0 heterocycles. The van der Waals surface area contributed by atoms with E-state index in [-0.39, 0.29) is 5.91 Å². The smallest absolute Gasteiger partial charge is 0.224 e. The Morgan fingerprint density at radius 1 is 1.05 bits per heavy atom. The van der Waals surface area contributed by atoms with E-state index in [0.717, 1.165) is 38.0 Å². The molecule has 0 radical (unpaired) electrons. The Morgan fingerprint density at radius 3 is 2.21 bits per heavy atom. The number of carbonyl (C=O) groups is 1. The Kier molecular flexibility index (Phi) is 7.01. The van der Waals surface area contributed by atoms with E-state index in [1.54, 1.807) is 0 Å². The van der Waals surface area contributed by atoms with Crippen LogP contribution in [0.15, 0.2) is 24.3 Å².